The maximum absolute atomic E-state index is 4.98. The summed E-state index contributed by atoms with van der Waals surface area (Å²) in [7, 11) is 1.70. The molecule has 0 radical (unpaired) electrons. The minimum atomic E-state index is 0.721. The van der Waals surface area contributed by atoms with Crippen LogP contribution in [0.25, 0.3) is 11.0 Å². The van der Waals surface area contributed by atoms with E-state index in [1.165, 1.54) is 11.1 Å². The monoisotopic (exact) mass is 233 g/mol. The predicted octanol–water partition coefficient (Wildman–Crippen LogP) is 1.92. The first-order valence-corrected chi connectivity index (χ1v) is 5.86. The molecule has 2 rings (SSSR count). The Morgan fingerprint density at radius 1 is 1.35 bits per heavy atom. The molecule has 0 saturated heterocycles. The van der Waals surface area contributed by atoms with Crippen molar-refractivity contribution in [3.05, 3.63) is 29.1 Å². The Bertz CT molecular complexity index is 505. The van der Waals surface area contributed by atoms with Crippen molar-refractivity contribution in [3.8, 4) is 0 Å². The molecular weight excluding hydrogens is 214 g/mol. The number of benzene rings is 1. The highest BCUT2D eigenvalue weighted by Crippen LogP contribution is 2.18. The first kappa shape index (κ1) is 12.1. The van der Waals surface area contributed by atoms with Crippen LogP contribution in [0.1, 0.15) is 17.0 Å². The lowest BCUT2D eigenvalue weighted by Crippen LogP contribution is -2.19. The third-order valence-corrected chi connectivity index (χ3v) is 2.75. The number of rotatable bonds is 5. The van der Waals surface area contributed by atoms with Gasteiger partial charge in [-0.15, -0.1) is 0 Å². The van der Waals surface area contributed by atoms with E-state index in [1.54, 1.807) is 7.11 Å². The summed E-state index contributed by atoms with van der Waals surface area (Å²) < 4.78 is 4.98. The van der Waals surface area contributed by atoms with E-state index < -0.39 is 0 Å². The molecule has 0 fully saturated rings. The van der Waals surface area contributed by atoms with E-state index in [1.807, 2.05) is 0 Å². The minimum Gasteiger partial charge on any atom is -0.383 e. The highest BCUT2D eigenvalue weighted by atomic mass is 16.5. The van der Waals surface area contributed by atoms with Crippen molar-refractivity contribution in [1.29, 1.82) is 0 Å². The van der Waals surface area contributed by atoms with Gasteiger partial charge in [-0.05, 0) is 31.0 Å². The summed E-state index contributed by atoms with van der Waals surface area (Å²) in [6.45, 7) is 6.50. The molecular formula is C13H19N3O. The quantitative estimate of drug-likeness (QED) is 0.776. The third-order valence-electron chi connectivity index (χ3n) is 2.75. The molecule has 17 heavy (non-hydrogen) atoms. The molecule has 0 atom stereocenters. The fourth-order valence-electron chi connectivity index (χ4n) is 1.99. The molecule has 1 heterocycles. The number of imidazole rings is 1. The van der Waals surface area contributed by atoms with Gasteiger partial charge in [0.15, 0.2) is 0 Å². The number of aromatic amines is 1. The summed E-state index contributed by atoms with van der Waals surface area (Å²) >= 11 is 0. The summed E-state index contributed by atoms with van der Waals surface area (Å²) in [5.74, 6) is 0.977. The van der Waals surface area contributed by atoms with E-state index >= 15 is 0 Å². The van der Waals surface area contributed by atoms with Gasteiger partial charge in [0.25, 0.3) is 0 Å². The average Bonchev–Trinajstić information content (AvgIpc) is 2.67. The minimum absolute atomic E-state index is 0.721. The second-order valence-electron chi connectivity index (χ2n) is 4.33. The summed E-state index contributed by atoms with van der Waals surface area (Å²) in [5, 5.41) is 3.28. The van der Waals surface area contributed by atoms with E-state index in [0.29, 0.717) is 0 Å². The second-order valence-corrected chi connectivity index (χ2v) is 4.33. The van der Waals surface area contributed by atoms with Crippen LogP contribution in [0.15, 0.2) is 12.1 Å². The van der Waals surface area contributed by atoms with E-state index in [4.69, 9.17) is 4.74 Å². The number of H-pyrrole nitrogens is 1. The van der Waals surface area contributed by atoms with Crippen LogP contribution in [0.4, 0.5) is 0 Å². The van der Waals surface area contributed by atoms with E-state index in [-0.39, 0.29) is 0 Å². The van der Waals surface area contributed by atoms with Crippen molar-refractivity contribution in [2.75, 3.05) is 20.3 Å². The number of aryl methyl sites for hydroxylation is 2. The average molecular weight is 233 g/mol. The lowest BCUT2D eigenvalue weighted by atomic mass is 10.1. The first-order chi connectivity index (χ1) is 8.20. The number of fused-ring (bicyclic) bond motifs is 1. The molecule has 2 aromatic rings. The van der Waals surface area contributed by atoms with E-state index in [0.717, 1.165) is 36.6 Å². The molecule has 0 aliphatic heterocycles. The Labute approximate surface area is 101 Å². The standard InChI is InChI=1S/C13H19N3O/c1-9-6-10(2)13-11(7-9)15-12(16-13)8-14-4-5-17-3/h6-7,14H,4-5,8H2,1-3H3,(H,15,16). The van der Waals surface area contributed by atoms with Gasteiger partial charge >= 0.3 is 0 Å². The van der Waals surface area contributed by atoms with E-state index in [9.17, 15) is 0 Å². The lowest BCUT2D eigenvalue weighted by molar-refractivity contribution is 0.199. The van der Waals surface area contributed by atoms with E-state index in [2.05, 4.69) is 41.3 Å². The molecule has 4 heteroatoms. The highest BCUT2D eigenvalue weighted by molar-refractivity contribution is 5.79. The fourth-order valence-corrected chi connectivity index (χ4v) is 1.99. The fraction of sp³-hybridized carbons (Fsp3) is 0.462. The number of methoxy groups -OCH3 is 1. The molecule has 92 valence electrons. The van der Waals surface area contributed by atoms with Crippen molar-refractivity contribution >= 4 is 11.0 Å². The molecule has 0 aliphatic rings. The SMILES string of the molecule is COCCNCc1nc2c(C)cc(C)cc2[nH]1. The van der Waals surface area contributed by atoms with Crippen LogP contribution in [0, 0.1) is 13.8 Å². The number of ether oxygens (including phenoxy) is 1. The highest BCUT2D eigenvalue weighted by Gasteiger charge is 2.05. The predicted molar refractivity (Wildman–Crippen MR) is 69.2 cm³/mol. The summed E-state index contributed by atoms with van der Waals surface area (Å²) in [6, 6.07) is 4.29. The van der Waals surface area contributed by atoms with Crippen LogP contribution in [-0.4, -0.2) is 30.2 Å². The molecule has 0 unspecified atom stereocenters. The van der Waals surface area contributed by atoms with Crippen LogP contribution >= 0.6 is 0 Å². The van der Waals surface area contributed by atoms with Gasteiger partial charge < -0.3 is 15.0 Å². The topological polar surface area (TPSA) is 49.9 Å². The summed E-state index contributed by atoms with van der Waals surface area (Å²) in [6.07, 6.45) is 0. The smallest absolute Gasteiger partial charge is 0.121 e. The number of hydrogen-bond acceptors (Lipinski definition) is 3. The number of nitrogens with zero attached hydrogens (tertiary/aromatic N) is 1. The van der Waals surface area contributed by atoms with Gasteiger partial charge in [-0.2, -0.15) is 0 Å². The zero-order chi connectivity index (χ0) is 12.3. The zero-order valence-electron chi connectivity index (χ0n) is 10.6. The van der Waals surface area contributed by atoms with Crippen LogP contribution in [0.2, 0.25) is 0 Å². The van der Waals surface area contributed by atoms with Crippen molar-refractivity contribution in [1.82, 2.24) is 15.3 Å². The van der Waals surface area contributed by atoms with Crippen LogP contribution in [-0.2, 0) is 11.3 Å². The Morgan fingerprint density at radius 3 is 2.94 bits per heavy atom. The number of aromatic nitrogens is 2. The second kappa shape index (κ2) is 5.29. The van der Waals surface area contributed by atoms with Gasteiger partial charge in [0.1, 0.15) is 5.82 Å². The van der Waals surface area contributed by atoms with Gasteiger partial charge in [-0.1, -0.05) is 6.07 Å². The first-order valence-electron chi connectivity index (χ1n) is 5.86. The molecule has 1 aromatic carbocycles. The van der Waals surface area contributed by atoms with Crippen LogP contribution < -0.4 is 5.32 Å². The zero-order valence-corrected chi connectivity index (χ0v) is 10.6. The lowest BCUT2D eigenvalue weighted by Gasteiger charge is -2.00. The van der Waals surface area contributed by atoms with Crippen molar-refractivity contribution in [3.63, 3.8) is 0 Å². The maximum Gasteiger partial charge on any atom is 0.121 e. The third kappa shape index (κ3) is 2.84. The van der Waals surface area contributed by atoms with Crippen LogP contribution in [0.5, 0.6) is 0 Å². The number of hydrogen-bond donors (Lipinski definition) is 2. The van der Waals surface area contributed by atoms with Gasteiger partial charge in [0.05, 0.1) is 24.2 Å². The summed E-state index contributed by atoms with van der Waals surface area (Å²) in [4.78, 5) is 7.93. The largest absolute Gasteiger partial charge is 0.383 e. The van der Waals surface area contributed by atoms with Gasteiger partial charge in [-0.25, -0.2) is 4.98 Å². The summed E-state index contributed by atoms with van der Waals surface area (Å²) in [5.41, 5.74) is 4.67. The molecule has 0 amide bonds. The Morgan fingerprint density at radius 2 is 2.18 bits per heavy atom. The van der Waals surface area contributed by atoms with Gasteiger partial charge in [0, 0.05) is 13.7 Å². The Balaban J connectivity index is 2.12. The molecule has 2 N–H and O–H groups in total. The molecule has 4 nitrogen and oxygen atoms in total. The van der Waals surface area contributed by atoms with Gasteiger partial charge in [-0.3, -0.25) is 0 Å². The molecule has 0 bridgehead atoms. The normalized spacial score (nSPS) is 11.2. The molecule has 1 aromatic heterocycles. The molecule has 0 aliphatic carbocycles. The maximum atomic E-state index is 4.98. The van der Waals surface area contributed by atoms with Crippen molar-refractivity contribution in [2.45, 2.75) is 20.4 Å². The molecule has 0 saturated carbocycles. The van der Waals surface area contributed by atoms with Crippen molar-refractivity contribution in [2.24, 2.45) is 0 Å². The number of nitrogens with one attached hydrogen (secondary N) is 2. The Kier molecular flexibility index (Phi) is 3.76. The Hall–Kier alpha value is -1.39. The van der Waals surface area contributed by atoms with Gasteiger partial charge in [0.2, 0.25) is 0 Å². The molecule has 0 spiro atoms. The van der Waals surface area contributed by atoms with Crippen LogP contribution in [0.3, 0.4) is 0 Å². The van der Waals surface area contributed by atoms with Crippen molar-refractivity contribution < 1.29 is 4.74 Å².